The maximum Gasteiger partial charge on any atom is 0.242 e. The van der Waals surface area contributed by atoms with Gasteiger partial charge in [0.2, 0.25) is 5.91 Å². The van der Waals surface area contributed by atoms with Crippen LogP contribution < -0.4 is 10.2 Å². The quantitative estimate of drug-likeness (QED) is 0.913. The molecule has 0 aliphatic carbocycles. The number of hydrogen-bond acceptors (Lipinski definition) is 4. The van der Waals surface area contributed by atoms with Gasteiger partial charge < -0.3 is 15.1 Å². The molecule has 0 spiro atoms. The van der Waals surface area contributed by atoms with E-state index in [4.69, 9.17) is 23.2 Å². The Labute approximate surface area is 122 Å². The summed E-state index contributed by atoms with van der Waals surface area (Å²) in [6, 6.07) is 1.62. The van der Waals surface area contributed by atoms with E-state index in [-0.39, 0.29) is 12.5 Å². The van der Waals surface area contributed by atoms with Crippen LogP contribution in [0.5, 0.6) is 0 Å². The Balaban J connectivity index is 1.99. The highest BCUT2D eigenvalue weighted by atomic mass is 35.5. The van der Waals surface area contributed by atoms with Gasteiger partial charge in [-0.2, -0.15) is 0 Å². The van der Waals surface area contributed by atoms with E-state index in [1.165, 1.54) is 6.20 Å². The highest BCUT2D eigenvalue weighted by Crippen LogP contribution is 2.25. The first kappa shape index (κ1) is 14.4. The Hall–Kier alpha value is -1.04. The van der Waals surface area contributed by atoms with Crippen LogP contribution in [-0.4, -0.2) is 55.6 Å². The van der Waals surface area contributed by atoms with Crippen LogP contribution in [0.1, 0.15) is 0 Å². The van der Waals surface area contributed by atoms with Crippen LogP contribution in [0.25, 0.3) is 0 Å². The fourth-order valence-electron chi connectivity index (χ4n) is 1.98. The third-order valence-electron chi connectivity index (χ3n) is 2.99. The normalized spacial score (nSPS) is 15.4. The highest BCUT2D eigenvalue weighted by Gasteiger charge is 2.19. The van der Waals surface area contributed by atoms with Crippen LogP contribution in [0.4, 0.5) is 5.82 Å². The molecule has 0 bridgehead atoms. The van der Waals surface area contributed by atoms with Gasteiger partial charge >= 0.3 is 0 Å². The van der Waals surface area contributed by atoms with Crippen molar-refractivity contribution < 1.29 is 4.79 Å². The van der Waals surface area contributed by atoms with Crippen LogP contribution in [0.3, 0.4) is 0 Å². The molecule has 2 heterocycles. The molecule has 2 rings (SSSR count). The number of rotatable bonds is 3. The van der Waals surface area contributed by atoms with Crippen LogP contribution in [0.15, 0.2) is 12.3 Å². The molecular formula is C12H16Cl2N4O. The molecule has 7 heteroatoms. The molecule has 1 fully saturated rings. The van der Waals surface area contributed by atoms with E-state index < -0.39 is 0 Å². The molecule has 19 heavy (non-hydrogen) atoms. The molecule has 0 atom stereocenters. The molecule has 0 unspecified atom stereocenters. The maximum atomic E-state index is 12.1. The number of nitrogens with zero attached hydrogens (tertiary/aromatic N) is 3. The lowest BCUT2D eigenvalue weighted by atomic mass is 10.3. The predicted molar refractivity (Wildman–Crippen MR) is 77.0 cm³/mol. The third kappa shape index (κ3) is 3.72. The first-order chi connectivity index (χ1) is 9.08. The van der Waals surface area contributed by atoms with Crippen LogP contribution in [-0.2, 0) is 4.79 Å². The van der Waals surface area contributed by atoms with Gasteiger partial charge in [0, 0.05) is 39.4 Å². The second-order valence-corrected chi connectivity index (χ2v) is 5.29. The van der Waals surface area contributed by atoms with Gasteiger partial charge in [0.05, 0.1) is 16.6 Å². The Morgan fingerprint density at radius 2 is 2.16 bits per heavy atom. The van der Waals surface area contributed by atoms with Crippen LogP contribution in [0, 0.1) is 0 Å². The summed E-state index contributed by atoms with van der Waals surface area (Å²) in [7, 11) is 1.79. The van der Waals surface area contributed by atoms with Crippen LogP contribution in [0.2, 0.25) is 10.0 Å². The number of carbonyl (C=O) groups excluding carboxylic acids is 1. The average Bonchev–Trinajstić information content (AvgIpc) is 2.39. The van der Waals surface area contributed by atoms with Crippen molar-refractivity contribution in [3.8, 4) is 0 Å². The van der Waals surface area contributed by atoms with Crippen molar-refractivity contribution >= 4 is 34.9 Å². The molecule has 1 N–H and O–H groups in total. The van der Waals surface area contributed by atoms with Crippen molar-refractivity contribution in [3.05, 3.63) is 22.3 Å². The summed E-state index contributed by atoms with van der Waals surface area (Å²) in [6.07, 6.45) is 1.52. The highest BCUT2D eigenvalue weighted by molar-refractivity contribution is 6.36. The lowest BCUT2D eigenvalue weighted by molar-refractivity contribution is -0.130. The number of halogens is 2. The monoisotopic (exact) mass is 302 g/mol. The standard InChI is InChI=1S/C12H16Cl2N4O/c1-17(12-10(14)6-9(13)7-16-12)8-11(19)18-4-2-15-3-5-18/h6-7,15H,2-5,8H2,1H3. The molecular weight excluding hydrogens is 287 g/mol. The molecule has 1 amide bonds. The van der Waals surface area contributed by atoms with E-state index in [1.807, 2.05) is 4.90 Å². The van der Waals surface area contributed by atoms with Crippen molar-refractivity contribution in [1.29, 1.82) is 0 Å². The number of aromatic nitrogens is 1. The second-order valence-electron chi connectivity index (χ2n) is 4.45. The van der Waals surface area contributed by atoms with Crippen molar-refractivity contribution in [2.45, 2.75) is 0 Å². The van der Waals surface area contributed by atoms with Gasteiger partial charge in [-0.15, -0.1) is 0 Å². The minimum Gasteiger partial charge on any atom is -0.349 e. The number of pyridine rings is 1. The summed E-state index contributed by atoms with van der Waals surface area (Å²) in [5, 5.41) is 4.14. The van der Waals surface area contributed by atoms with Crippen molar-refractivity contribution in [2.75, 3.05) is 44.7 Å². The van der Waals surface area contributed by atoms with Gasteiger partial charge in [0.25, 0.3) is 0 Å². The van der Waals surface area contributed by atoms with Gasteiger partial charge in [-0.05, 0) is 6.07 Å². The van der Waals surface area contributed by atoms with Crippen molar-refractivity contribution in [3.63, 3.8) is 0 Å². The molecule has 5 nitrogen and oxygen atoms in total. The van der Waals surface area contributed by atoms with Gasteiger partial charge in [-0.25, -0.2) is 4.98 Å². The number of anilines is 1. The summed E-state index contributed by atoms with van der Waals surface area (Å²) in [5.74, 6) is 0.645. The lowest BCUT2D eigenvalue weighted by Crippen LogP contribution is -2.49. The second kappa shape index (κ2) is 6.41. The zero-order valence-corrected chi connectivity index (χ0v) is 12.2. The first-order valence-corrected chi connectivity index (χ1v) is 6.84. The van der Waals surface area contributed by atoms with Crippen LogP contribution >= 0.6 is 23.2 Å². The van der Waals surface area contributed by atoms with E-state index in [0.29, 0.717) is 15.9 Å². The van der Waals surface area contributed by atoms with E-state index >= 15 is 0 Å². The molecule has 0 aromatic carbocycles. The summed E-state index contributed by atoms with van der Waals surface area (Å²) < 4.78 is 0. The average molecular weight is 303 g/mol. The van der Waals surface area contributed by atoms with Gasteiger partial charge in [-0.1, -0.05) is 23.2 Å². The number of hydrogen-bond donors (Lipinski definition) is 1. The van der Waals surface area contributed by atoms with Gasteiger partial charge in [-0.3, -0.25) is 4.79 Å². The largest absolute Gasteiger partial charge is 0.349 e. The van der Waals surface area contributed by atoms with Crippen molar-refractivity contribution in [2.24, 2.45) is 0 Å². The van der Waals surface area contributed by atoms with E-state index in [2.05, 4.69) is 10.3 Å². The number of amides is 1. The molecule has 1 aliphatic heterocycles. The van der Waals surface area contributed by atoms with Crippen molar-refractivity contribution in [1.82, 2.24) is 15.2 Å². The maximum absolute atomic E-state index is 12.1. The molecule has 0 radical (unpaired) electrons. The minimum atomic E-state index is 0.0804. The summed E-state index contributed by atoms with van der Waals surface area (Å²) >= 11 is 11.9. The number of likely N-dealkylation sites (N-methyl/N-ethyl adjacent to an activating group) is 1. The summed E-state index contributed by atoms with van der Waals surface area (Å²) in [4.78, 5) is 19.9. The number of piperazine rings is 1. The third-order valence-corrected chi connectivity index (χ3v) is 3.48. The zero-order chi connectivity index (χ0) is 13.8. The van der Waals surface area contributed by atoms with E-state index in [1.54, 1.807) is 18.0 Å². The topological polar surface area (TPSA) is 48.5 Å². The number of nitrogens with one attached hydrogen (secondary N) is 1. The van der Waals surface area contributed by atoms with Gasteiger partial charge in [0.1, 0.15) is 5.82 Å². The molecule has 1 aromatic heterocycles. The Morgan fingerprint density at radius 1 is 1.47 bits per heavy atom. The lowest BCUT2D eigenvalue weighted by Gasteiger charge is -2.29. The summed E-state index contributed by atoms with van der Waals surface area (Å²) in [6.45, 7) is 3.43. The SMILES string of the molecule is CN(CC(=O)N1CCNCC1)c1ncc(Cl)cc1Cl. The predicted octanol–water partition coefficient (Wildman–Crippen LogP) is 1.26. The molecule has 104 valence electrons. The minimum absolute atomic E-state index is 0.0804. The molecule has 1 saturated heterocycles. The van der Waals surface area contributed by atoms with Gasteiger partial charge in [0.15, 0.2) is 0 Å². The molecule has 1 aromatic rings. The van der Waals surface area contributed by atoms with E-state index in [0.717, 1.165) is 26.2 Å². The smallest absolute Gasteiger partial charge is 0.242 e. The fourth-order valence-corrected chi connectivity index (χ4v) is 2.50. The fraction of sp³-hybridized carbons (Fsp3) is 0.500. The zero-order valence-electron chi connectivity index (χ0n) is 10.7. The molecule has 1 aliphatic rings. The first-order valence-electron chi connectivity index (χ1n) is 6.08. The Bertz CT molecular complexity index is 463. The summed E-state index contributed by atoms with van der Waals surface area (Å²) in [5.41, 5.74) is 0. The number of carbonyl (C=O) groups is 1. The Kier molecular flexibility index (Phi) is 4.85. The molecule has 0 saturated carbocycles. The van der Waals surface area contributed by atoms with E-state index in [9.17, 15) is 4.79 Å². The Morgan fingerprint density at radius 3 is 2.79 bits per heavy atom.